The lowest BCUT2D eigenvalue weighted by Gasteiger charge is -2.27. The number of amides is 17. The van der Waals surface area contributed by atoms with Gasteiger partial charge in [0.05, 0.1) is 77.4 Å². The molecule has 0 saturated carbocycles. The fraction of sp³-hybridized carbons (Fsp3) is 0.556. The van der Waals surface area contributed by atoms with Crippen LogP contribution in [-0.4, -0.2) is 328 Å². The Morgan fingerprint density at radius 3 is 1.28 bits per heavy atom. The first-order valence-electron chi connectivity index (χ1n) is 35.3. The zero-order valence-corrected chi connectivity index (χ0v) is 65.0. The molecule has 0 unspecified atom stereocenters. The van der Waals surface area contributed by atoms with Crippen LogP contribution >= 0.6 is 0 Å². The van der Waals surface area contributed by atoms with Crippen molar-refractivity contribution in [2.45, 2.75) is 104 Å². The maximum atomic E-state index is 14.2. The van der Waals surface area contributed by atoms with Gasteiger partial charge in [0.25, 0.3) is 0 Å². The van der Waals surface area contributed by atoms with Crippen LogP contribution < -0.4 is 37.6 Å². The molecule has 0 saturated heterocycles. The summed E-state index contributed by atoms with van der Waals surface area (Å²) >= 11 is 0. The van der Waals surface area contributed by atoms with Crippen molar-refractivity contribution in [3.63, 3.8) is 0 Å². The number of rotatable bonds is 44. The maximum absolute atomic E-state index is 14.2. The van der Waals surface area contributed by atoms with Gasteiger partial charge >= 0.3 is 12.0 Å². The van der Waals surface area contributed by atoms with Crippen molar-refractivity contribution in [1.29, 1.82) is 0 Å². The van der Waals surface area contributed by atoms with Crippen molar-refractivity contribution in [1.82, 2.24) is 80.6 Å². The molecule has 3 atom stereocenters. The topological polar surface area (TPSA) is 463 Å². The predicted molar refractivity (Wildman–Crippen MR) is 398 cm³/mol. The van der Waals surface area contributed by atoms with Gasteiger partial charge in [0.1, 0.15) is 18.7 Å². The predicted octanol–water partition coefficient (Wildman–Crippen LogP) is -2.54. The van der Waals surface area contributed by atoms with Gasteiger partial charge in [0, 0.05) is 138 Å². The van der Waals surface area contributed by atoms with Gasteiger partial charge in [0.15, 0.2) is 5.78 Å². The summed E-state index contributed by atoms with van der Waals surface area (Å²) in [5, 5.41) is 16.7. The molecule has 37 heteroatoms. The number of carbonyl (C=O) groups excluding carboxylic acids is 18. The van der Waals surface area contributed by atoms with E-state index in [0.29, 0.717) is 16.8 Å². The maximum Gasteiger partial charge on any atom is 0.312 e. The molecule has 1 heterocycles. The Labute approximate surface area is 634 Å². The third-order valence-electron chi connectivity index (χ3n) is 17.3. The number of aromatic nitrogens is 1. The normalized spacial score (nSPS) is 11.6. The number of ether oxygens (including phenoxy) is 1. The summed E-state index contributed by atoms with van der Waals surface area (Å²) in [7, 11) is 13.2. The molecule has 109 heavy (non-hydrogen) atoms. The van der Waals surface area contributed by atoms with Crippen molar-refractivity contribution in [2.24, 2.45) is 17.6 Å². The lowest BCUT2D eigenvalue weighted by Crippen LogP contribution is -2.53. The van der Waals surface area contributed by atoms with E-state index in [1.165, 1.54) is 77.4 Å². The van der Waals surface area contributed by atoms with Crippen LogP contribution in [0.1, 0.15) is 84.3 Å². The van der Waals surface area contributed by atoms with Crippen LogP contribution in [0.2, 0.25) is 0 Å². The van der Waals surface area contributed by atoms with Crippen molar-refractivity contribution in [3.8, 4) is 0 Å². The first kappa shape index (κ1) is 91.6. The molecule has 2 aromatic carbocycles. The van der Waals surface area contributed by atoms with Crippen LogP contribution in [0.15, 0.2) is 54.7 Å². The molecular weight excluding hydrogens is 1420 g/mol. The number of ketones is 1. The molecule has 0 bridgehead atoms. The Morgan fingerprint density at radius 1 is 0.422 bits per heavy atom. The second-order valence-electron chi connectivity index (χ2n) is 27.4. The summed E-state index contributed by atoms with van der Waals surface area (Å²) in [6.45, 7) is 3.57. The van der Waals surface area contributed by atoms with E-state index in [-0.39, 0.29) is 94.8 Å². The van der Waals surface area contributed by atoms with Gasteiger partial charge in [-0.15, -0.1) is 0 Å². The smallest absolute Gasteiger partial charge is 0.312 e. The fourth-order valence-corrected chi connectivity index (χ4v) is 10.2. The SMILES string of the molecule is CC(C)C(=O)OCc1ccc(NC(=O)[C@H](CCCNC(N)=O)NC(=O)[C@H](Cc2c[nH]c3ccccc23)NC(=O)CCCC(=O)NCCC(=O)N(C)CC(=O)N(C)CC(=O)N(C)CC(=O)N(C)CC(=O)N(C)CC(=O)N(C)CC(=O)N(C)CC(=O)N(C)CC(=O)N(C)CC(=O)N(C)CC(=O)N[C@@H](C)C(=O)C(C)C)cc1. The van der Waals surface area contributed by atoms with Crippen LogP contribution in [0.3, 0.4) is 0 Å². The Kier molecular flexibility index (Phi) is 38.0. The molecule has 1 aromatic heterocycles. The molecule has 0 aliphatic heterocycles. The number of para-hydroxylation sites is 1. The molecule has 0 spiro atoms. The standard InChI is InChI=1S/C72H108N18O19/c1-45(2)68(104)47(5)77-57(93)34-81(6)59(95)36-83(8)61(97)38-85(10)63(99)40-87(12)65(101)42-89(14)67(103)43-90(15)66(102)41-88(13)64(100)39-86(11)62(98)37-84(9)60(96)35-82(7)58(94)29-31-74-55(91)23-18-24-56(92)79-54(32-49-33-76-52-21-17-16-20-51(49)52)70(106)80-53(22-19-30-75-72(73)108)69(105)78-50-27-25-48(26-28-50)44-109-71(107)46(3)4/h16-17,20-21,25-28,33,45-47,53-54,76H,18-19,22-24,29-32,34-44H2,1-15H3,(H,74,91)(H,77,93)(H,78,105)(H,79,92)(H,80,106)(H3,73,75,108)/t47-,53-,54-/m0/s1. The molecular formula is C72H108N18O19. The number of hydrogen-bond acceptors (Lipinski definition) is 19. The zero-order chi connectivity index (χ0) is 82.1. The summed E-state index contributed by atoms with van der Waals surface area (Å²) < 4.78 is 5.29. The number of nitrogens with two attached hydrogens (primary N) is 1. The van der Waals surface area contributed by atoms with E-state index >= 15 is 0 Å². The molecule has 0 fully saturated rings. The summed E-state index contributed by atoms with van der Waals surface area (Å²) in [6.07, 6.45) is 1.44. The lowest BCUT2D eigenvalue weighted by atomic mass is 10.0. The van der Waals surface area contributed by atoms with Gasteiger partial charge in [-0.25, -0.2) is 4.79 Å². The molecule has 3 aromatic rings. The summed E-state index contributed by atoms with van der Waals surface area (Å²) in [6, 6.07) is 9.96. The largest absolute Gasteiger partial charge is 0.461 e. The summed E-state index contributed by atoms with van der Waals surface area (Å²) in [5.41, 5.74) is 7.75. The van der Waals surface area contributed by atoms with E-state index in [1.807, 2.05) is 24.3 Å². The monoisotopic (exact) mass is 1530 g/mol. The number of carbonyl (C=O) groups is 18. The minimum atomic E-state index is -1.22. The molecule has 3 rings (SSSR count). The quantitative estimate of drug-likeness (QED) is 0.0214. The summed E-state index contributed by atoms with van der Waals surface area (Å²) in [5.74, 6) is -10.5. The van der Waals surface area contributed by atoms with Crippen molar-refractivity contribution in [3.05, 3.63) is 65.9 Å². The van der Waals surface area contributed by atoms with Crippen molar-refractivity contribution in [2.75, 3.05) is 154 Å². The number of nitrogens with one attached hydrogen (secondary N) is 7. The van der Waals surface area contributed by atoms with E-state index in [0.717, 1.165) is 59.9 Å². The van der Waals surface area contributed by atoms with Gasteiger partial charge in [-0.1, -0.05) is 58.0 Å². The molecule has 9 N–H and O–H groups in total. The first-order chi connectivity index (χ1) is 51.1. The number of hydrogen-bond donors (Lipinski definition) is 8. The number of primary amides is 1. The lowest BCUT2D eigenvalue weighted by molar-refractivity contribution is -0.148. The van der Waals surface area contributed by atoms with Crippen LogP contribution in [0.25, 0.3) is 10.9 Å². The summed E-state index contributed by atoms with van der Waals surface area (Å²) in [4.78, 5) is 247. The Bertz CT molecular complexity index is 3750. The highest BCUT2D eigenvalue weighted by Crippen LogP contribution is 2.20. The number of likely N-dealkylation sites (N-methyl/N-ethyl adjacent to an activating group) is 10. The molecule has 0 radical (unpaired) electrons. The van der Waals surface area contributed by atoms with E-state index in [9.17, 15) is 86.3 Å². The highest BCUT2D eigenvalue weighted by Gasteiger charge is 2.31. The molecule has 0 aliphatic carbocycles. The second kappa shape index (κ2) is 45.2. The molecule has 37 nitrogen and oxygen atoms in total. The van der Waals surface area contributed by atoms with Crippen LogP contribution in [0.4, 0.5) is 10.5 Å². The van der Waals surface area contributed by atoms with Crippen molar-refractivity contribution >= 4 is 123 Å². The van der Waals surface area contributed by atoms with Gasteiger partial charge in [-0.05, 0) is 55.5 Å². The second-order valence-corrected chi connectivity index (χ2v) is 27.4. The van der Waals surface area contributed by atoms with Gasteiger partial charge < -0.3 is 96.4 Å². The number of Topliss-reactive ketones (excluding diaryl/α,β-unsaturated/α-hetero) is 1. The highest BCUT2D eigenvalue weighted by molar-refractivity contribution is 6.00. The minimum absolute atomic E-state index is 0.00348. The van der Waals surface area contributed by atoms with Crippen LogP contribution in [0, 0.1) is 11.8 Å². The third kappa shape index (κ3) is 32.6. The Hall–Kier alpha value is -11.6. The number of nitrogens with zero attached hydrogens (tertiary/aromatic N) is 10. The minimum Gasteiger partial charge on any atom is -0.461 e. The van der Waals surface area contributed by atoms with E-state index < -0.39 is 172 Å². The Balaban J connectivity index is 1.42. The number of H-pyrrole nitrogens is 1. The van der Waals surface area contributed by atoms with Gasteiger partial charge in [-0.3, -0.25) is 81.5 Å². The average molecular weight is 1530 g/mol. The van der Waals surface area contributed by atoms with Gasteiger partial charge in [-0.2, -0.15) is 0 Å². The number of benzene rings is 2. The zero-order valence-electron chi connectivity index (χ0n) is 65.0. The molecule has 0 aliphatic rings. The molecule has 600 valence electrons. The number of esters is 1. The highest BCUT2D eigenvalue weighted by atomic mass is 16.5. The molecule has 17 amide bonds. The average Bonchev–Trinajstić information content (AvgIpc) is 1.74. The van der Waals surface area contributed by atoms with E-state index in [2.05, 4.69) is 36.9 Å². The fourth-order valence-electron chi connectivity index (χ4n) is 10.2. The van der Waals surface area contributed by atoms with Crippen LogP contribution in [-0.2, 0) is 99.3 Å². The number of aromatic amines is 1. The van der Waals surface area contributed by atoms with Crippen LogP contribution in [0.5, 0.6) is 0 Å². The Morgan fingerprint density at radius 2 is 0.844 bits per heavy atom. The van der Waals surface area contributed by atoms with E-state index in [4.69, 9.17) is 10.5 Å². The van der Waals surface area contributed by atoms with Crippen molar-refractivity contribution < 1.29 is 91.0 Å². The first-order valence-corrected chi connectivity index (χ1v) is 35.3. The number of anilines is 1. The van der Waals surface area contributed by atoms with E-state index in [1.54, 1.807) is 58.2 Å². The number of urea groups is 1. The third-order valence-corrected chi connectivity index (χ3v) is 17.3. The van der Waals surface area contributed by atoms with Gasteiger partial charge in [0.2, 0.25) is 88.6 Å². The number of fused-ring (bicyclic) bond motifs is 1.